The number of anilines is 2. The van der Waals surface area contributed by atoms with Crippen molar-refractivity contribution in [3.05, 3.63) is 36.2 Å². The van der Waals surface area contributed by atoms with E-state index in [0.29, 0.717) is 5.13 Å². The standard InChI is InChI=1S/C15H17N7S/c16-14-19-20-15(23-14)22-7-5-21(6-8-22)10-11-1-2-12-13(9-11)18-4-3-17-12/h1-4,9H,5-8,10H2,(H2,16,19). The molecule has 1 saturated heterocycles. The van der Waals surface area contributed by atoms with E-state index in [0.717, 1.165) is 48.9 Å². The molecule has 23 heavy (non-hydrogen) atoms. The summed E-state index contributed by atoms with van der Waals surface area (Å²) in [7, 11) is 0. The minimum atomic E-state index is 0.528. The molecule has 4 rings (SSSR count). The van der Waals surface area contributed by atoms with Gasteiger partial charge in [-0.2, -0.15) is 0 Å². The highest BCUT2D eigenvalue weighted by Gasteiger charge is 2.19. The summed E-state index contributed by atoms with van der Waals surface area (Å²) in [5, 5.41) is 9.45. The van der Waals surface area contributed by atoms with E-state index in [1.54, 1.807) is 12.4 Å². The van der Waals surface area contributed by atoms with Crippen LogP contribution in [-0.2, 0) is 6.54 Å². The summed E-state index contributed by atoms with van der Waals surface area (Å²) in [5.74, 6) is 0. The van der Waals surface area contributed by atoms with Gasteiger partial charge in [0.2, 0.25) is 10.3 Å². The Hall–Kier alpha value is -2.32. The largest absolute Gasteiger partial charge is 0.374 e. The fourth-order valence-electron chi connectivity index (χ4n) is 2.82. The molecule has 0 aliphatic carbocycles. The van der Waals surface area contributed by atoms with E-state index in [1.807, 2.05) is 6.07 Å². The summed E-state index contributed by atoms with van der Waals surface area (Å²) in [5.41, 5.74) is 8.82. The fourth-order valence-corrected chi connectivity index (χ4v) is 3.48. The monoisotopic (exact) mass is 327 g/mol. The second-order valence-electron chi connectivity index (χ2n) is 5.57. The zero-order valence-electron chi connectivity index (χ0n) is 12.6. The molecule has 0 spiro atoms. The maximum absolute atomic E-state index is 5.66. The Balaban J connectivity index is 1.40. The molecular formula is C15H17N7S. The first-order chi connectivity index (χ1) is 11.3. The molecule has 1 aliphatic rings. The Kier molecular flexibility index (Phi) is 3.76. The van der Waals surface area contributed by atoms with Crippen molar-refractivity contribution in [1.29, 1.82) is 0 Å². The number of benzene rings is 1. The first-order valence-corrected chi connectivity index (χ1v) is 8.35. The van der Waals surface area contributed by atoms with Crippen molar-refractivity contribution in [3.63, 3.8) is 0 Å². The smallest absolute Gasteiger partial charge is 0.210 e. The van der Waals surface area contributed by atoms with Crippen LogP contribution in [-0.4, -0.2) is 51.2 Å². The van der Waals surface area contributed by atoms with Gasteiger partial charge in [0.15, 0.2) is 0 Å². The van der Waals surface area contributed by atoms with Gasteiger partial charge < -0.3 is 10.6 Å². The molecule has 0 unspecified atom stereocenters. The predicted octanol–water partition coefficient (Wildman–Crippen LogP) is 1.39. The summed E-state index contributed by atoms with van der Waals surface area (Å²) in [6.07, 6.45) is 3.46. The number of rotatable bonds is 3. The van der Waals surface area contributed by atoms with Crippen LogP contribution in [0.4, 0.5) is 10.3 Å². The third-order valence-corrected chi connectivity index (χ3v) is 4.83. The lowest BCUT2D eigenvalue weighted by Gasteiger charge is -2.34. The van der Waals surface area contributed by atoms with E-state index < -0.39 is 0 Å². The van der Waals surface area contributed by atoms with E-state index >= 15 is 0 Å². The summed E-state index contributed by atoms with van der Waals surface area (Å²) in [6, 6.07) is 6.30. The van der Waals surface area contributed by atoms with Gasteiger partial charge in [-0.1, -0.05) is 17.4 Å². The molecule has 118 valence electrons. The number of aromatic nitrogens is 4. The first-order valence-electron chi connectivity index (χ1n) is 7.54. The van der Waals surface area contributed by atoms with Crippen LogP contribution in [0.1, 0.15) is 5.56 Å². The lowest BCUT2D eigenvalue weighted by Crippen LogP contribution is -2.45. The van der Waals surface area contributed by atoms with Gasteiger partial charge in [0.05, 0.1) is 11.0 Å². The van der Waals surface area contributed by atoms with Gasteiger partial charge in [-0.25, -0.2) is 0 Å². The number of hydrogen-bond donors (Lipinski definition) is 1. The average Bonchev–Trinajstić information content (AvgIpc) is 3.02. The van der Waals surface area contributed by atoms with Crippen molar-refractivity contribution < 1.29 is 0 Å². The van der Waals surface area contributed by atoms with Crippen molar-refractivity contribution in [2.75, 3.05) is 36.8 Å². The van der Waals surface area contributed by atoms with Crippen molar-refractivity contribution in [2.24, 2.45) is 0 Å². The fraction of sp³-hybridized carbons (Fsp3) is 0.333. The molecular weight excluding hydrogens is 310 g/mol. The molecule has 7 nitrogen and oxygen atoms in total. The highest BCUT2D eigenvalue weighted by molar-refractivity contribution is 7.18. The van der Waals surface area contributed by atoms with Gasteiger partial charge >= 0.3 is 0 Å². The molecule has 0 bridgehead atoms. The Labute approximate surface area is 137 Å². The van der Waals surface area contributed by atoms with Gasteiger partial charge in [0, 0.05) is 45.1 Å². The lowest BCUT2D eigenvalue weighted by atomic mass is 10.1. The average molecular weight is 327 g/mol. The first kappa shape index (κ1) is 14.3. The third-order valence-electron chi connectivity index (χ3n) is 4.01. The SMILES string of the molecule is Nc1nnc(N2CCN(Cc3ccc4nccnc4c3)CC2)s1. The molecule has 3 heterocycles. The quantitative estimate of drug-likeness (QED) is 0.778. The Morgan fingerprint density at radius 1 is 1.00 bits per heavy atom. The molecule has 3 aromatic rings. The van der Waals surface area contributed by atoms with E-state index in [1.165, 1.54) is 16.9 Å². The van der Waals surface area contributed by atoms with Crippen LogP contribution in [0.15, 0.2) is 30.6 Å². The number of nitrogen functional groups attached to an aromatic ring is 1. The van der Waals surface area contributed by atoms with Crippen molar-refractivity contribution in [3.8, 4) is 0 Å². The summed E-state index contributed by atoms with van der Waals surface area (Å²) in [4.78, 5) is 13.4. The van der Waals surface area contributed by atoms with E-state index in [-0.39, 0.29) is 0 Å². The van der Waals surface area contributed by atoms with Crippen LogP contribution in [0.3, 0.4) is 0 Å². The maximum Gasteiger partial charge on any atom is 0.210 e. The molecule has 2 N–H and O–H groups in total. The molecule has 1 aliphatic heterocycles. The summed E-state index contributed by atoms with van der Waals surface area (Å²) in [6.45, 7) is 4.82. The van der Waals surface area contributed by atoms with Crippen LogP contribution in [0.2, 0.25) is 0 Å². The zero-order chi connectivity index (χ0) is 15.6. The Bertz CT molecular complexity index is 810. The Morgan fingerprint density at radius 2 is 1.78 bits per heavy atom. The van der Waals surface area contributed by atoms with Crippen molar-refractivity contribution >= 4 is 32.6 Å². The van der Waals surface area contributed by atoms with Crippen LogP contribution in [0.5, 0.6) is 0 Å². The molecule has 0 amide bonds. The minimum absolute atomic E-state index is 0.528. The molecule has 1 fully saturated rings. The van der Waals surface area contributed by atoms with Crippen molar-refractivity contribution in [2.45, 2.75) is 6.54 Å². The maximum atomic E-state index is 5.66. The van der Waals surface area contributed by atoms with E-state index in [4.69, 9.17) is 5.73 Å². The highest BCUT2D eigenvalue weighted by Crippen LogP contribution is 2.23. The molecule has 1 aromatic carbocycles. The molecule has 0 saturated carbocycles. The van der Waals surface area contributed by atoms with Gasteiger partial charge in [0.1, 0.15) is 0 Å². The van der Waals surface area contributed by atoms with Gasteiger partial charge in [-0.15, -0.1) is 10.2 Å². The van der Waals surface area contributed by atoms with Crippen molar-refractivity contribution in [1.82, 2.24) is 25.1 Å². The molecule has 0 radical (unpaired) electrons. The minimum Gasteiger partial charge on any atom is -0.374 e. The Morgan fingerprint density at radius 3 is 2.52 bits per heavy atom. The normalized spacial score (nSPS) is 16.1. The highest BCUT2D eigenvalue weighted by atomic mass is 32.1. The third kappa shape index (κ3) is 3.08. The number of nitrogens with zero attached hydrogens (tertiary/aromatic N) is 6. The van der Waals surface area contributed by atoms with Gasteiger partial charge in [-0.05, 0) is 17.7 Å². The number of hydrogen-bond acceptors (Lipinski definition) is 8. The van der Waals surface area contributed by atoms with Crippen LogP contribution < -0.4 is 10.6 Å². The van der Waals surface area contributed by atoms with Crippen LogP contribution in [0.25, 0.3) is 11.0 Å². The second-order valence-corrected chi connectivity index (χ2v) is 6.55. The molecule has 8 heteroatoms. The van der Waals surface area contributed by atoms with E-state index in [9.17, 15) is 0 Å². The predicted molar refractivity (Wildman–Crippen MR) is 91.3 cm³/mol. The summed E-state index contributed by atoms with van der Waals surface area (Å²) >= 11 is 1.45. The second kappa shape index (κ2) is 6.05. The van der Waals surface area contributed by atoms with Crippen LogP contribution >= 0.6 is 11.3 Å². The topological polar surface area (TPSA) is 84.1 Å². The van der Waals surface area contributed by atoms with Gasteiger partial charge in [0.25, 0.3) is 0 Å². The number of fused-ring (bicyclic) bond motifs is 1. The molecule has 2 aromatic heterocycles. The summed E-state index contributed by atoms with van der Waals surface area (Å²) < 4.78 is 0. The zero-order valence-corrected chi connectivity index (χ0v) is 13.4. The van der Waals surface area contributed by atoms with Gasteiger partial charge in [-0.3, -0.25) is 14.9 Å². The van der Waals surface area contributed by atoms with E-state index in [2.05, 4.69) is 42.1 Å². The molecule has 0 atom stereocenters. The lowest BCUT2D eigenvalue weighted by molar-refractivity contribution is 0.250. The number of piperazine rings is 1. The number of nitrogens with two attached hydrogens (primary N) is 1. The van der Waals surface area contributed by atoms with Crippen LogP contribution in [0, 0.1) is 0 Å².